The molecule has 0 aromatic carbocycles. The minimum absolute atomic E-state index is 0.00780. The van der Waals surface area contributed by atoms with E-state index in [-0.39, 0.29) is 25.7 Å². The molecule has 1 saturated carbocycles. The van der Waals surface area contributed by atoms with Crippen molar-refractivity contribution in [3.05, 3.63) is 36.5 Å². The Bertz CT molecular complexity index is 2510. The summed E-state index contributed by atoms with van der Waals surface area (Å²) in [7, 11) is -5.81. The van der Waals surface area contributed by atoms with Crippen molar-refractivity contribution >= 4 is 31.7 Å². The number of aliphatic hydroxyl groups is 9. The molecule has 1 aliphatic carbocycles. The highest BCUT2D eigenvalue weighted by molar-refractivity contribution is 7.47. The lowest BCUT2D eigenvalue weighted by atomic mass is 9.84. The summed E-state index contributed by atoms with van der Waals surface area (Å²) in [5.74, 6) is -3.03. The predicted octanol–water partition coefficient (Wildman–Crippen LogP) is 15.5. The molecule has 18 atom stereocenters. The molecule has 113 heavy (non-hydrogen) atoms. The van der Waals surface area contributed by atoms with Crippen LogP contribution >= 0.6 is 7.82 Å². The topological polar surface area (TPSA) is 380 Å². The van der Waals surface area contributed by atoms with Crippen LogP contribution in [0.1, 0.15) is 362 Å². The molecule has 3 rings (SSSR count). The van der Waals surface area contributed by atoms with Crippen molar-refractivity contribution in [3.8, 4) is 0 Å². The quantitative estimate of drug-likeness (QED) is 0.00889. The van der Waals surface area contributed by atoms with E-state index in [9.17, 15) is 74.6 Å². The van der Waals surface area contributed by atoms with Gasteiger partial charge in [-0.15, -0.1) is 0 Å². The first kappa shape index (κ1) is 104. The van der Waals surface area contributed by atoms with Gasteiger partial charge in [-0.25, -0.2) is 4.57 Å². The van der Waals surface area contributed by atoms with Gasteiger partial charge in [0, 0.05) is 25.7 Å². The molecule has 3 fully saturated rings. The molecule has 2 saturated heterocycles. The molecule has 0 radical (unpaired) electrons. The monoisotopic (exact) mass is 1630 g/mol. The average molecular weight is 1630 g/mol. The standard InChI is InChI=1S/C87H157O25P/c1-5-9-13-17-21-25-29-33-34-38-42-46-50-54-58-62-73(92)109-82-78(97)79(98)83(110-86-80(99)76(95)74(93)68(63-88)107-86)85(84(82)111-87-81(100)77(96)75(94)69(108-87)66-104-71(90)60-56-52-48-44-40-36-31-27-23-19-15-11-7-3)112-113(101,102)105-65-67(106-72(91)61-57-53-49-45-41-37-32-28-24-20-16-12-8-4)64-103-70(89)59-55-51-47-43-39-35-30-26-22-18-14-10-6-2/h35-37,39-41,67-69,74-88,93-100H,5-34,38,42-66H2,1-4H3,(H,101,102)/b39-35-,40-36-,41-37-. The summed E-state index contributed by atoms with van der Waals surface area (Å²) in [6.07, 6.45) is 26.0. The minimum Gasteiger partial charge on any atom is -0.463 e. The average Bonchev–Trinajstić information content (AvgIpc) is 0.754. The number of ether oxygens (including phenoxy) is 8. The van der Waals surface area contributed by atoms with Gasteiger partial charge in [0.2, 0.25) is 0 Å². The summed E-state index contributed by atoms with van der Waals surface area (Å²) in [6.45, 7) is 5.50. The van der Waals surface area contributed by atoms with E-state index in [1.54, 1.807) is 0 Å². The molecule has 0 amide bonds. The lowest BCUT2D eigenvalue weighted by Crippen LogP contribution is -2.70. The summed E-state index contributed by atoms with van der Waals surface area (Å²) in [6, 6.07) is 0. The van der Waals surface area contributed by atoms with Gasteiger partial charge in [0.15, 0.2) is 24.8 Å². The maximum atomic E-state index is 14.9. The first-order valence-corrected chi connectivity index (χ1v) is 46.2. The van der Waals surface area contributed by atoms with Gasteiger partial charge in [-0.1, -0.05) is 270 Å². The maximum Gasteiger partial charge on any atom is 0.472 e. The van der Waals surface area contributed by atoms with E-state index < -0.39 is 162 Å². The van der Waals surface area contributed by atoms with Crippen molar-refractivity contribution < 1.29 is 122 Å². The van der Waals surface area contributed by atoms with Crippen LogP contribution in [0.4, 0.5) is 0 Å². The Hall–Kier alpha value is -3.31. The molecule has 2 heterocycles. The number of rotatable bonds is 71. The maximum absolute atomic E-state index is 14.9. The smallest absolute Gasteiger partial charge is 0.463 e. The lowest BCUT2D eigenvalue weighted by Gasteiger charge is -2.50. The zero-order chi connectivity index (χ0) is 82.5. The number of unbranched alkanes of at least 4 members (excludes halogenated alkanes) is 41. The molecule has 26 heteroatoms. The number of hydrogen-bond donors (Lipinski definition) is 10. The molecule has 3 aliphatic rings. The van der Waals surface area contributed by atoms with E-state index in [0.29, 0.717) is 44.9 Å². The van der Waals surface area contributed by atoms with Gasteiger partial charge in [0.25, 0.3) is 0 Å². The Labute approximate surface area is 678 Å². The fourth-order valence-corrected chi connectivity index (χ4v) is 15.4. The number of carbonyl (C=O) groups excluding carboxylic acids is 4. The SMILES string of the molecule is CCCCCCCC/C=C\CCCCCC(=O)OCC(COP(=O)(O)OC1C(OC2OC(CO)C(O)C(O)C2O)C(O)C(O)C(OC(=O)CCCCCCCCCCCCCCCCC)C1OC1OC(COC(=O)CCCCC/C=C\CCCCCCCC)C(O)C(O)C1O)OC(=O)CCCCC/C=C\CCCCCCCC. The third kappa shape index (κ3) is 47.3. The van der Waals surface area contributed by atoms with Crippen molar-refractivity contribution in [1.29, 1.82) is 0 Å². The zero-order valence-corrected chi connectivity index (χ0v) is 70.8. The molecule has 0 aromatic heterocycles. The summed E-state index contributed by atoms with van der Waals surface area (Å²) in [5.41, 5.74) is 0. The van der Waals surface area contributed by atoms with Crippen LogP contribution in [0.3, 0.4) is 0 Å². The second-order valence-corrected chi connectivity index (χ2v) is 33.1. The summed E-state index contributed by atoms with van der Waals surface area (Å²) >= 11 is 0. The van der Waals surface area contributed by atoms with E-state index in [2.05, 4.69) is 64.2 Å². The molecule has 18 unspecified atom stereocenters. The highest BCUT2D eigenvalue weighted by Gasteiger charge is 2.60. The van der Waals surface area contributed by atoms with Crippen molar-refractivity contribution in [3.63, 3.8) is 0 Å². The van der Waals surface area contributed by atoms with Crippen LogP contribution in [-0.2, 0) is 70.7 Å². The van der Waals surface area contributed by atoms with Crippen LogP contribution < -0.4 is 0 Å². The number of phosphoric acid groups is 1. The van der Waals surface area contributed by atoms with Crippen molar-refractivity contribution in [2.75, 3.05) is 26.4 Å². The molecule has 25 nitrogen and oxygen atoms in total. The number of hydrogen-bond acceptors (Lipinski definition) is 24. The Morgan fingerprint density at radius 3 is 1.06 bits per heavy atom. The number of aliphatic hydroxyl groups excluding tert-OH is 9. The van der Waals surface area contributed by atoms with Gasteiger partial charge >= 0.3 is 31.7 Å². The fraction of sp³-hybridized carbons (Fsp3) is 0.885. The Balaban J connectivity index is 1.95. The highest BCUT2D eigenvalue weighted by atomic mass is 31.2. The highest BCUT2D eigenvalue weighted by Crippen LogP contribution is 2.49. The first-order chi connectivity index (χ1) is 54.7. The normalized spacial score (nSPS) is 25.6. The Morgan fingerprint density at radius 1 is 0.345 bits per heavy atom. The Kier molecular flexibility index (Phi) is 61.1. The molecular formula is C87H157O25P. The van der Waals surface area contributed by atoms with E-state index in [1.165, 1.54) is 148 Å². The van der Waals surface area contributed by atoms with Gasteiger partial charge < -0.3 is 88.7 Å². The molecule has 2 aliphatic heterocycles. The zero-order valence-electron chi connectivity index (χ0n) is 69.9. The van der Waals surface area contributed by atoms with Crippen LogP contribution in [0.2, 0.25) is 0 Å². The molecule has 0 aromatic rings. The van der Waals surface area contributed by atoms with Crippen LogP contribution in [-0.4, -0.2) is 205 Å². The van der Waals surface area contributed by atoms with Crippen molar-refractivity contribution in [1.82, 2.24) is 0 Å². The van der Waals surface area contributed by atoms with E-state index >= 15 is 0 Å². The largest absolute Gasteiger partial charge is 0.472 e. The van der Waals surface area contributed by atoms with Crippen LogP contribution in [0.5, 0.6) is 0 Å². The summed E-state index contributed by atoms with van der Waals surface area (Å²) in [4.78, 5) is 66.2. The first-order valence-electron chi connectivity index (χ1n) is 44.7. The molecular weight excluding hydrogens is 1480 g/mol. The molecule has 10 N–H and O–H groups in total. The second-order valence-electron chi connectivity index (χ2n) is 31.7. The van der Waals surface area contributed by atoms with Gasteiger partial charge in [0.05, 0.1) is 13.2 Å². The number of carbonyl (C=O) groups is 4. The third-order valence-corrected chi connectivity index (χ3v) is 22.6. The summed E-state index contributed by atoms with van der Waals surface area (Å²) < 4.78 is 73.2. The minimum atomic E-state index is -5.81. The van der Waals surface area contributed by atoms with E-state index in [1.807, 2.05) is 0 Å². The van der Waals surface area contributed by atoms with E-state index in [0.717, 1.165) is 116 Å². The van der Waals surface area contributed by atoms with Crippen molar-refractivity contribution in [2.24, 2.45) is 0 Å². The number of allylic oxidation sites excluding steroid dienone is 6. The Morgan fingerprint density at radius 2 is 0.664 bits per heavy atom. The van der Waals surface area contributed by atoms with Gasteiger partial charge in [-0.3, -0.25) is 28.2 Å². The van der Waals surface area contributed by atoms with Crippen LogP contribution in [0.15, 0.2) is 36.5 Å². The van der Waals surface area contributed by atoms with Crippen LogP contribution in [0, 0.1) is 0 Å². The lowest BCUT2D eigenvalue weighted by molar-refractivity contribution is -0.360. The van der Waals surface area contributed by atoms with E-state index in [4.69, 9.17) is 46.9 Å². The van der Waals surface area contributed by atoms with Gasteiger partial charge in [0.1, 0.15) is 92.6 Å². The van der Waals surface area contributed by atoms with Crippen molar-refractivity contribution in [2.45, 2.75) is 466 Å². The van der Waals surface area contributed by atoms with Gasteiger partial charge in [-0.05, 0) is 103 Å². The van der Waals surface area contributed by atoms with Gasteiger partial charge in [-0.2, -0.15) is 0 Å². The predicted molar refractivity (Wildman–Crippen MR) is 435 cm³/mol. The molecule has 0 bridgehead atoms. The molecule has 660 valence electrons. The third-order valence-electron chi connectivity index (χ3n) is 21.6. The fourth-order valence-electron chi connectivity index (χ4n) is 14.4. The number of esters is 4. The number of phosphoric ester groups is 1. The summed E-state index contributed by atoms with van der Waals surface area (Å²) in [5, 5.41) is 102. The second kappa shape index (κ2) is 66.5. The van der Waals surface area contributed by atoms with Crippen LogP contribution in [0.25, 0.3) is 0 Å². The molecule has 0 spiro atoms.